The number of rotatable bonds is 5. The number of nitrogens with one attached hydrogen (secondary N) is 1. The average Bonchev–Trinajstić information content (AvgIpc) is 3.17. The third-order valence-electron chi connectivity index (χ3n) is 5.14. The Labute approximate surface area is 173 Å². The summed E-state index contributed by atoms with van der Waals surface area (Å²) in [5, 5.41) is 3.25. The zero-order valence-corrected chi connectivity index (χ0v) is 16.7. The summed E-state index contributed by atoms with van der Waals surface area (Å²) >= 11 is 6.34. The molecule has 1 fully saturated rings. The van der Waals surface area contributed by atoms with E-state index in [0.29, 0.717) is 47.3 Å². The Morgan fingerprint density at radius 1 is 1.31 bits per heavy atom. The summed E-state index contributed by atoms with van der Waals surface area (Å²) in [5.41, 5.74) is 0.831. The lowest BCUT2D eigenvalue weighted by molar-refractivity contribution is -0.0346. The van der Waals surface area contributed by atoms with Gasteiger partial charge in [-0.3, -0.25) is 9.69 Å². The molecule has 0 spiro atoms. The number of morpholine rings is 1. The summed E-state index contributed by atoms with van der Waals surface area (Å²) in [4.78, 5) is 14.8. The third-order valence-corrected chi connectivity index (χ3v) is 5.47. The molecule has 0 saturated carbocycles. The molecule has 0 unspecified atom stereocenters. The van der Waals surface area contributed by atoms with Crippen LogP contribution in [-0.2, 0) is 4.74 Å². The minimum Gasteiger partial charge on any atom is -0.454 e. The molecule has 2 atom stereocenters. The zero-order valence-electron chi connectivity index (χ0n) is 16.0. The molecule has 1 saturated heterocycles. The largest absolute Gasteiger partial charge is 0.454 e. The van der Waals surface area contributed by atoms with E-state index in [1.807, 2.05) is 6.92 Å². The first-order chi connectivity index (χ1) is 14.0. The van der Waals surface area contributed by atoms with E-state index in [2.05, 4.69) is 10.2 Å². The highest BCUT2D eigenvalue weighted by molar-refractivity contribution is 6.31. The molecule has 2 heterocycles. The SMILES string of the molecule is C[C@@H]1CN([C@H](CNC(=O)c2ccc3c(c2)OCO3)c2c(F)cccc2Cl)CCO1. The highest BCUT2D eigenvalue weighted by atomic mass is 35.5. The fourth-order valence-corrected chi connectivity index (χ4v) is 3.99. The Morgan fingerprint density at radius 2 is 2.14 bits per heavy atom. The molecule has 2 aromatic rings. The highest BCUT2D eigenvalue weighted by Gasteiger charge is 2.29. The number of carbonyl (C=O) groups is 1. The number of carbonyl (C=O) groups excluding carboxylic acids is 1. The molecule has 154 valence electrons. The first kappa shape index (κ1) is 19.9. The Bertz CT molecular complexity index is 890. The van der Waals surface area contributed by atoms with Crippen LogP contribution >= 0.6 is 11.6 Å². The van der Waals surface area contributed by atoms with Gasteiger partial charge in [-0.1, -0.05) is 17.7 Å². The van der Waals surface area contributed by atoms with Crippen LogP contribution in [0.5, 0.6) is 11.5 Å². The van der Waals surface area contributed by atoms with Gasteiger partial charge in [0.2, 0.25) is 6.79 Å². The normalized spacial score (nSPS) is 19.8. The van der Waals surface area contributed by atoms with Crippen LogP contribution in [0, 0.1) is 5.82 Å². The summed E-state index contributed by atoms with van der Waals surface area (Å²) in [6, 6.07) is 9.23. The van der Waals surface area contributed by atoms with Gasteiger partial charge in [0.05, 0.1) is 18.8 Å². The molecule has 8 heteroatoms. The predicted octanol–water partition coefficient (Wildman–Crippen LogP) is 3.40. The van der Waals surface area contributed by atoms with Gasteiger partial charge < -0.3 is 19.5 Å². The maximum Gasteiger partial charge on any atom is 0.251 e. The van der Waals surface area contributed by atoms with Crippen LogP contribution in [0.3, 0.4) is 0 Å². The Morgan fingerprint density at radius 3 is 2.93 bits per heavy atom. The van der Waals surface area contributed by atoms with Gasteiger partial charge in [-0.2, -0.15) is 0 Å². The van der Waals surface area contributed by atoms with Gasteiger partial charge >= 0.3 is 0 Å². The number of halogens is 2. The summed E-state index contributed by atoms with van der Waals surface area (Å²) in [6.07, 6.45) is 0.0151. The summed E-state index contributed by atoms with van der Waals surface area (Å²) in [5.74, 6) is 0.481. The van der Waals surface area contributed by atoms with Crippen LogP contribution in [0.1, 0.15) is 28.9 Å². The molecule has 2 aromatic carbocycles. The molecule has 0 aromatic heterocycles. The molecule has 4 rings (SSSR count). The molecule has 29 heavy (non-hydrogen) atoms. The lowest BCUT2D eigenvalue weighted by Gasteiger charge is -2.38. The van der Waals surface area contributed by atoms with Crippen molar-refractivity contribution in [1.82, 2.24) is 10.2 Å². The van der Waals surface area contributed by atoms with Crippen LogP contribution in [0.25, 0.3) is 0 Å². The predicted molar refractivity (Wildman–Crippen MR) is 106 cm³/mol. The van der Waals surface area contributed by atoms with Crippen molar-refractivity contribution < 1.29 is 23.4 Å². The summed E-state index contributed by atoms with van der Waals surface area (Å²) < 4.78 is 30.9. The minimum atomic E-state index is -0.409. The van der Waals surface area contributed by atoms with Crippen molar-refractivity contribution in [3.8, 4) is 11.5 Å². The summed E-state index contributed by atoms with van der Waals surface area (Å²) in [6.45, 7) is 4.11. The fraction of sp³-hybridized carbons (Fsp3) is 0.381. The van der Waals surface area contributed by atoms with E-state index in [4.69, 9.17) is 25.8 Å². The van der Waals surface area contributed by atoms with Gasteiger partial charge in [-0.15, -0.1) is 0 Å². The van der Waals surface area contributed by atoms with Gasteiger partial charge in [0.15, 0.2) is 11.5 Å². The van der Waals surface area contributed by atoms with Gasteiger partial charge in [-0.25, -0.2) is 4.39 Å². The standard InChI is InChI=1S/C21H22ClFN2O4/c1-13-11-25(7-8-27-13)17(20-15(22)3-2-4-16(20)23)10-24-21(26)14-5-6-18-19(9-14)29-12-28-18/h2-6,9,13,17H,7-8,10-12H2,1H3,(H,24,26)/t13-,17-/m1/s1. The molecule has 1 amide bonds. The maximum atomic E-state index is 14.7. The smallest absolute Gasteiger partial charge is 0.251 e. The van der Waals surface area contributed by atoms with Gasteiger partial charge in [-0.05, 0) is 37.3 Å². The first-order valence-electron chi connectivity index (χ1n) is 9.50. The molecule has 0 aliphatic carbocycles. The maximum absolute atomic E-state index is 14.7. The number of nitrogens with zero attached hydrogens (tertiary/aromatic N) is 1. The van der Waals surface area contributed by atoms with Crippen LogP contribution in [0.2, 0.25) is 5.02 Å². The Kier molecular flexibility index (Phi) is 5.89. The monoisotopic (exact) mass is 420 g/mol. The van der Waals surface area contributed by atoms with E-state index in [1.54, 1.807) is 30.3 Å². The van der Waals surface area contributed by atoms with Crippen molar-refractivity contribution in [1.29, 1.82) is 0 Å². The number of ether oxygens (including phenoxy) is 3. The highest BCUT2D eigenvalue weighted by Crippen LogP contribution is 2.33. The van der Waals surface area contributed by atoms with Crippen LogP contribution in [0.4, 0.5) is 4.39 Å². The second kappa shape index (κ2) is 8.57. The average molecular weight is 421 g/mol. The quantitative estimate of drug-likeness (QED) is 0.803. The van der Waals surface area contributed by atoms with Crippen molar-refractivity contribution in [2.45, 2.75) is 19.1 Å². The number of amides is 1. The first-order valence-corrected chi connectivity index (χ1v) is 9.88. The molecule has 2 aliphatic rings. The van der Waals surface area contributed by atoms with Crippen molar-refractivity contribution in [3.63, 3.8) is 0 Å². The van der Waals surface area contributed by atoms with Gasteiger partial charge in [0.1, 0.15) is 5.82 Å². The van der Waals surface area contributed by atoms with Gasteiger partial charge in [0, 0.05) is 35.8 Å². The fourth-order valence-electron chi connectivity index (χ4n) is 3.70. The van der Waals surface area contributed by atoms with E-state index in [9.17, 15) is 9.18 Å². The number of hydrogen-bond donors (Lipinski definition) is 1. The number of fused-ring (bicyclic) bond motifs is 1. The Hall–Kier alpha value is -2.35. The van der Waals surface area contributed by atoms with E-state index in [1.165, 1.54) is 6.07 Å². The van der Waals surface area contributed by atoms with Gasteiger partial charge in [0.25, 0.3) is 5.91 Å². The van der Waals surface area contributed by atoms with Crippen molar-refractivity contribution in [2.24, 2.45) is 0 Å². The van der Waals surface area contributed by atoms with Crippen LogP contribution in [0.15, 0.2) is 36.4 Å². The molecule has 0 bridgehead atoms. The molecule has 1 N–H and O–H groups in total. The third kappa shape index (κ3) is 4.32. The zero-order chi connectivity index (χ0) is 20.4. The van der Waals surface area contributed by atoms with Crippen molar-refractivity contribution in [2.75, 3.05) is 33.0 Å². The number of benzene rings is 2. The molecule has 0 radical (unpaired) electrons. The van der Waals surface area contributed by atoms with E-state index in [0.717, 1.165) is 0 Å². The van der Waals surface area contributed by atoms with Crippen molar-refractivity contribution >= 4 is 17.5 Å². The lowest BCUT2D eigenvalue weighted by atomic mass is 10.0. The molecule has 6 nitrogen and oxygen atoms in total. The van der Waals surface area contributed by atoms with Crippen LogP contribution in [-0.4, -0.2) is 49.9 Å². The molecular formula is C21H22ClFN2O4. The molecule has 2 aliphatic heterocycles. The summed E-state index contributed by atoms with van der Waals surface area (Å²) in [7, 11) is 0. The van der Waals surface area contributed by atoms with Crippen molar-refractivity contribution in [3.05, 3.63) is 58.4 Å². The lowest BCUT2D eigenvalue weighted by Crippen LogP contribution is -2.47. The topological polar surface area (TPSA) is 60.0 Å². The minimum absolute atomic E-state index is 0.0151. The second-order valence-electron chi connectivity index (χ2n) is 7.11. The van der Waals surface area contributed by atoms with E-state index < -0.39 is 6.04 Å². The molecular weight excluding hydrogens is 399 g/mol. The van der Waals surface area contributed by atoms with E-state index >= 15 is 0 Å². The van der Waals surface area contributed by atoms with E-state index in [-0.39, 0.29) is 31.2 Å². The van der Waals surface area contributed by atoms with Crippen LogP contribution < -0.4 is 14.8 Å². The number of hydrogen-bond acceptors (Lipinski definition) is 5. The second-order valence-corrected chi connectivity index (χ2v) is 7.51. The Balaban J connectivity index is 1.54.